The Labute approximate surface area is 294 Å². The van der Waals surface area contributed by atoms with Crippen molar-refractivity contribution in [3.8, 4) is 39.9 Å². The summed E-state index contributed by atoms with van der Waals surface area (Å²) < 4.78 is 10.9. The lowest BCUT2D eigenvalue weighted by molar-refractivity contribution is 0.654. The number of aromatic nitrogens is 5. The Morgan fingerprint density at radius 2 is 1.16 bits per heavy atom. The van der Waals surface area contributed by atoms with Crippen molar-refractivity contribution in [2.45, 2.75) is 0 Å². The van der Waals surface area contributed by atoms with E-state index in [1.165, 1.54) is 25.6 Å². The van der Waals surface area contributed by atoms with Gasteiger partial charge >= 0.3 is 0 Å². The highest BCUT2D eigenvalue weighted by atomic mass is 32.1. The number of rotatable bonds is 4. The molecule has 238 valence electrons. The van der Waals surface area contributed by atoms with Gasteiger partial charge in [0.2, 0.25) is 5.71 Å². The number of para-hydroxylation sites is 2. The lowest BCUT2D eigenvalue weighted by Gasteiger charge is -2.12. The maximum atomic E-state index is 6.18. The van der Waals surface area contributed by atoms with Crippen molar-refractivity contribution in [1.82, 2.24) is 24.5 Å². The van der Waals surface area contributed by atoms with Gasteiger partial charge in [0, 0.05) is 70.3 Å². The van der Waals surface area contributed by atoms with E-state index in [9.17, 15) is 0 Å². The first-order chi connectivity index (χ1) is 25.3. The Bertz CT molecular complexity index is 3120. The van der Waals surface area contributed by atoms with Crippen LogP contribution in [0.4, 0.5) is 0 Å². The summed E-state index contributed by atoms with van der Waals surface area (Å²) in [5, 5.41) is 6.77. The topological polar surface area (TPSA) is 69.6 Å². The molecule has 0 saturated heterocycles. The van der Waals surface area contributed by atoms with Gasteiger partial charge in [0.25, 0.3) is 0 Å². The van der Waals surface area contributed by atoms with Crippen LogP contribution in [0.2, 0.25) is 0 Å². The van der Waals surface area contributed by atoms with Gasteiger partial charge in [-0.05, 0) is 60.7 Å². The molecule has 0 atom stereocenters. The van der Waals surface area contributed by atoms with Crippen molar-refractivity contribution in [3.05, 3.63) is 152 Å². The average molecular weight is 672 g/mol. The summed E-state index contributed by atoms with van der Waals surface area (Å²) in [4.78, 5) is 20.0. The third-order valence-electron chi connectivity index (χ3n) is 9.73. The standard InChI is InChI=1S/C44H25N5OS/c1-4-17-35-29(12-1)30-13-2-5-18-36(30)49(35)28-11-7-10-26(24-28)41-46-42(27-21-22-31-32-16-9-23-45-44(32)50-37(31)25-27)48-43(47-41)34-15-8-20-39-40(34)33-14-3-6-19-38(33)51-39/h1-25H. The summed E-state index contributed by atoms with van der Waals surface area (Å²) in [6.07, 6.45) is 1.75. The molecule has 7 heteroatoms. The van der Waals surface area contributed by atoms with E-state index < -0.39 is 0 Å². The Morgan fingerprint density at radius 1 is 0.490 bits per heavy atom. The van der Waals surface area contributed by atoms with Crippen LogP contribution in [0.5, 0.6) is 0 Å². The Kier molecular flexibility index (Phi) is 6.02. The monoisotopic (exact) mass is 671 g/mol. The second-order valence-electron chi connectivity index (χ2n) is 12.7. The van der Waals surface area contributed by atoms with E-state index in [0.29, 0.717) is 23.2 Å². The molecule has 0 N–H and O–H groups in total. The second kappa shape index (κ2) is 10.9. The van der Waals surface area contributed by atoms with Crippen molar-refractivity contribution in [3.63, 3.8) is 0 Å². The van der Waals surface area contributed by atoms with Crippen molar-refractivity contribution in [2.24, 2.45) is 0 Å². The van der Waals surface area contributed by atoms with Crippen molar-refractivity contribution < 1.29 is 4.42 Å². The van der Waals surface area contributed by atoms with Crippen LogP contribution in [0.3, 0.4) is 0 Å². The van der Waals surface area contributed by atoms with E-state index in [2.05, 4.69) is 137 Å². The quantitative estimate of drug-likeness (QED) is 0.186. The summed E-state index contributed by atoms with van der Waals surface area (Å²) in [7, 11) is 0. The second-order valence-corrected chi connectivity index (χ2v) is 13.8. The minimum absolute atomic E-state index is 0.573. The molecule has 0 unspecified atom stereocenters. The minimum atomic E-state index is 0.573. The predicted octanol–water partition coefficient (Wildman–Crippen LogP) is 11.6. The molecule has 0 aliphatic rings. The predicted molar refractivity (Wildman–Crippen MR) is 208 cm³/mol. The highest BCUT2D eigenvalue weighted by Crippen LogP contribution is 2.40. The molecule has 5 aromatic heterocycles. The van der Waals surface area contributed by atoms with Crippen LogP contribution in [0.1, 0.15) is 0 Å². The zero-order chi connectivity index (χ0) is 33.5. The van der Waals surface area contributed by atoms with Crippen molar-refractivity contribution in [2.75, 3.05) is 0 Å². The molecule has 0 saturated carbocycles. The molecular formula is C44H25N5OS. The van der Waals surface area contributed by atoms with Gasteiger partial charge in [0.15, 0.2) is 17.5 Å². The number of furan rings is 1. The number of thiophene rings is 1. The zero-order valence-corrected chi connectivity index (χ0v) is 27.8. The van der Waals surface area contributed by atoms with E-state index in [1.807, 2.05) is 18.2 Å². The van der Waals surface area contributed by atoms with Crippen LogP contribution in [-0.2, 0) is 0 Å². The van der Waals surface area contributed by atoms with Crippen LogP contribution in [0.15, 0.2) is 156 Å². The lowest BCUT2D eigenvalue weighted by Crippen LogP contribution is -2.01. The third-order valence-corrected chi connectivity index (χ3v) is 10.9. The normalized spacial score (nSPS) is 11.9. The lowest BCUT2D eigenvalue weighted by atomic mass is 10.1. The molecule has 0 radical (unpaired) electrons. The van der Waals surface area contributed by atoms with Gasteiger partial charge in [-0.3, -0.25) is 0 Å². The van der Waals surface area contributed by atoms with Gasteiger partial charge in [0.05, 0.1) is 11.0 Å². The number of fused-ring (bicyclic) bond motifs is 9. The molecule has 5 heterocycles. The molecule has 0 aliphatic carbocycles. The van der Waals surface area contributed by atoms with Crippen LogP contribution in [0.25, 0.3) is 104 Å². The van der Waals surface area contributed by atoms with Crippen LogP contribution in [-0.4, -0.2) is 24.5 Å². The first kappa shape index (κ1) is 28.2. The molecule has 11 aromatic rings. The molecule has 6 aromatic carbocycles. The highest BCUT2D eigenvalue weighted by Gasteiger charge is 2.19. The average Bonchev–Trinajstić information content (AvgIpc) is 3.87. The maximum Gasteiger partial charge on any atom is 0.227 e. The van der Waals surface area contributed by atoms with E-state index in [0.717, 1.165) is 55.2 Å². The molecule has 11 rings (SSSR count). The Hall–Kier alpha value is -6.70. The summed E-state index contributed by atoms with van der Waals surface area (Å²) in [5.41, 5.74) is 7.40. The summed E-state index contributed by atoms with van der Waals surface area (Å²) in [5.74, 6) is 1.79. The van der Waals surface area contributed by atoms with E-state index in [4.69, 9.17) is 19.4 Å². The van der Waals surface area contributed by atoms with Crippen LogP contribution >= 0.6 is 11.3 Å². The summed E-state index contributed by atoms with van der Waals surface area (Å²) >= 11 is 1.78. The Morgan fingerprint density at radius 3 is 1.98 bits per heavy atom. The molecule has 0 fully saturated rings. The number of hydrogen-bond acceptors (Lipinski definition) is 6. The van der Waals surface area contributed by atoms with Gasteiger partial charge in [-0.1, -0.05) is 84.9 Å². The number of nitrogens with zero attached hydrogens (tertiary/aromatic N) is 5. The Balaban J connectivity index is 1.15. The first-order valence-electron chi connectivity index (χ1n) is 16.8. The molecule has 6 nitrogen and oxygen atoms in total. The molecule has 0 bridgehead atoms. The fourth-order valence-corrected chi connectivity index (χ4v) is 8.58. The molecule has 0 spiro atoms. The van der Waals surface area contributed by atoms with E-state index in [1.54, 1.807) is 17.5 Å². The van der Waals surface area contributed by atoms with Crippen molar-refractivity contribution in [1.29, 1.82) is 0 Å². The van der Waals surface area contributed by atoms with Crippen LogP contribution < -0.4 is 0 Å². The number of hydrogen-bond donors (Lipinski definition) is 0. The fourth-order valence-electron chi connectivity index (χ4n) is 7.45. The fraction of sp³-hybridized carbons (Fsp3) is 0. The van der Waals surface area contributed by atoms with Crippen LogP contribution in [0, 0.1) is 0 Å². The van der Waals surface area contributed by atoms with E-state index >= 15 is 0 Å². The molecular weight excluding hydrogens is 647 g/mol. The number of pyridine rings is 1. The third kappa shape index (κ3) is 4.35. The van der Waals surface area contributed by atoms with E-state index in [-0.39, 0.29) is 0 Å². The van der Waals surface area contributed by atoms with Gasteiger partial charge in [-0.2, -0.15) is 0 Å². The van der Waals surface area contributed by atoms with Crippen molar-refractivity contribution >= 4 is 75.4 Å². The SMILES string of the molecule is c1cc(-c2nc(-c3ccc4c(c3)oc3ncccc34)nc(-c3cccc4sc5ccccc5c34)n2)cc(-n2c3ccccc3c3ccccc32)c1. The smallest absolute Gasteiger partial charge is 0.227 e. The van der Waals surface area contributed by atoms with Gasteiger partial charge < -0.3 is 8.98 Å². The first-order valence-corrected chi connectivity index (χ1v) is 17.6. The molecule has 51 heavy (non-hydrogen) atoms. The number of benzene rings is 6. The minimum Gasteiger partial charge on any atom is -0.438 e. The largest absolute Gasteiger partial charge is 0.438 e. The van der Waals surface area contributed by atoms with Gasteiger partial charge in [-0.15, -0.1) is 11.3 Å². The van der Waals surface area contributed by atoms with Gasteiger partial charge in [0.1, 0.15) is 5.58 Å². The highest BCUT2D eigenvalue weighted by molar-refractivity contribution is 7.25. The molecule has 0 amide bonds. The maximum absolute atomic E-state index is 6.18. The molecule has 0 aliphatic heterocycles. The van der Waals surface area contributed by atoms with Gasteiger partial charge in [-0.25, -0.2) is 19.9 Å². The summed E-state index contributed by atoms with van der Waals surface area (Å²) in [6.45, 7) is 0. The zero-order valence-electron chi connectivity index (χ0n) is 27.0. The summed E-state index contributed by atoms with van der Waals surface area (Å²) in [6, 6.07) is 50.6.